The lowest BCUT2D eigenvalue weighted by Gasteiger charge is -2.11. The molecule has 0 aliphatic carbocycles. The van der Waals surface area contributed by atoms with Crippen LogP contribution in [0.1, 0.15) is 5.56 Å². The third-order valence-electron chi connectivity index (χ3n) is 2.11. The second kappa shape index (κ2) is 5.91. The number of benzene rings is 1. The smallest absolute Gasteiger partial charge is 0.119 e. The SMILES string of the molecule is C=CCNc1ccc(OC)cc1CC=C. The van der Waals surface area contributed by atoms with Gasteiger partial charge in [-0.25, -0.2) is 0 Å². The lowest BCUT2D eigenvalue weighted by Crippen LogP contribution is -2.01. The van der Waals surface area contributed by atoms with Gasteiger partial charge in [0.15, 0.2) is 0 Å². The van der Waals surface area contributed by atoms with Crippen LogP contribution in [0.2, 0.25) is 0 Å². The Labute approximate surface area is 91.3 Å². The van der Waals surface area contributed by atoms with Gasteiger partial charge in [0, 0.05) is 12.2 Å². The molecule has 0 fully saturated rings. The number of hydrogen-bond acceptors (Lipinski definition) is 2. The molecule has 1 N–H and O–H groups in total. The summed E-state index contributed by atoms with van der Waals surface area (Å²) in [6.45, 7) is 8.18. The highest BCUT2D eigenvalue weighted by molar-refractivity contribution is 5.55. The van der Waals surface area contributed by atoms with Crippen LogP contribution in [0.4, 0.5) is 5.69 Å². The number of methoxy groups -OCH3 is 1. The predicted molar refractivity (Wildman–Crippen MR) is 65.6 cm³/mol. The quantitative estimate of drug-likeness (QED) is 0.717. The third-order valence-corrected chi connectivity index (χ3v) is 2.11. The van der Waals surface area contributed by atoms with Gasteiger partial charge in [0.05, 0.1) is 7.11 Å². The van der Waals surface area contributed by atoms with Gasteiger partial charge < -0.3 is 10.1 Å². The molecule has 0 saturated carbocycles. The molecule has 80 valence electrons. The lowest BCUT2D eigenvalue weighted by atomic mass is 10.1. The Morgan fingerprint density at radius 3 is 2.73 bits per heavy atom. The minimum absolute atomic E-state index is 0.760. The first kappa shape index (κ1) is 11.4. The summed E-state index contributed by atoms with van der Waals surface area (Å²) in [6.07, 6.45) is 4.55. The summed E-state index contributed by atoms with van der Waals surface area (Å²) in [7, 11) is 1.67. The Bertz CT molecular complexity index is 344. The van der Waals surface area contributed by atoms with Crippen molar-refractivity contribution in [2.24, 2.45) is 0 Å². The van der Waals surface area contributed by atoms with Gasteiger partial charge in [0.1, 0.15) is 5.75 Å². The van der Waals surface area contributed by atoms with Crippen molar-refractivity contribution in [3.63, 3.8) is 0 Å². The molecule has 0 unspecified atom stereocenters. The maximum absolute atomic E-state index is 5.18. The fourth-order valence-corrected chi connectivity index (χ4v) is 1.38. The van der Waals surface area contributed by atoms with Gasteiger partial charge in [-0.05, 0) is 30.2 Å². The monoisotopic (exact) mass is 203 g/mol. The van der Waals surface area contributed by atoms with Crippen LogP contribution in [0.3, 0.4) is 0 Å². The average Bonchev–Trinajstić information content (AvgIpc) is 2.27. The standard InChI is InChI=1S/C13H17NO/c1-4-6-11-10-12(15-3)7-8-13(11)14-9-5-2/h4-5,7-8,10,14H,1-2,6,9H2,3H3. The molecule has 1 aromatic rings. The molecule has 0 amide bonds. The molecule has 0 bridgehead atoms. The van der Waals surface area contributed by atoms with Gasteiger partial charge in [0.2, 0.25) is 0 Å². The maximum atomic E-state index is 5.18. The first-order chi connectivity index (χ1) is 7.31. The van der Waals surface area contributed by atoms with Crippen LogP contribution >= 0.6 is 0 Å². The Morgan fingerprint density at radius 1 is 1.33 bits per heavy atom. The van der Waals surface area contributed by atoms with E-state index in [1.807, 2.05) is 30.4 Å². The number of rotatable bonds is 6. The molecule has 0 saturated heterocycles. The van der Waals surface area contributed by atoms with Crippen molar-refractivity contribution >= 4 is 5.69 Å². The van der Waals surface area contributed by atoms with E-state index in [2.05, 4.69) is 18.5 Å². The fourth-order valence-electron chi connectivity index (χ4n) is 1.38. The van der Waals surface area contributed by atoms with Crippen LogP contribution < -0.4 is 10.1 Å². The van der Waals surface area contributed by atoms with Gasteiger partial charge in [-0.3, -0.25) is 0 Å². The van der Waals surface area contributed by atoms with E-state index in [0.717, 1.165) is 24.4 Å². The number of nitrogens with one attached hydrogen (secondary N) is 1. The van der Waals surface area contributed by atoms with Crippen molar-refractivity contribution in [3.8, 4) is 5.75 Å². The van der Waals surface area contributed by atoms with E-state index in [1.165, 1.54) is 5.56 Å². The summed E-state index contributed by atoms with van der Waals surface area (Å²) >= 11 is 0. The number of anilines is 1. The topological polar surface area (TPSA) is 21.3 Å². The number of ether oxygens (including phenoxy) is 1. The van der Waals surface area contributed by atoms with Crippen molar-refractivity contribution in [1.29, 1.82) is 0 Å². The summed E-state index contributed by atoms with van der Waals surface area (Å²) in [5, 5.41) is 3.28. The van der Waals surface area contributed by atoms with Crippen molar-refractivity contribution in [2.75, 3.05) is 19.0 Å². The minimum atomic E-state index is 0.760. The van der Waals surface area contributed by atoms with E-state index in [1.54, 1.807) is 7.11 Å². The summed E-state index contributed by atoms with van der Waals surface area (Å²) in [4.78, 5) is 0. The van der Waals surface area contributed by atoms with E-state index in [9.17, 15) is 0 Å². The second-order valence-electron chi connectivity index (χ2n) is 3.19. The van der Waals surface area contributed by atoms with Crippen LogP contribution in [-0.2, 0) is 6.42 Å². The first-order valence-corrected chi connectivity index (χ1v) is 4.94. The molecule has 15 heavy (non-hydrogen) atoms. The molecule has 0 radical (unpaired) electrons. The molecule has 1 aromatic carbocycles. The van der Waals surface area contributed by atoms with Crippen molar-refractivity contribution < 1.29 is 4.74 Å². The van der Waals surface area contributed by atoms with Gasteiger partial charge in [0.25, 0.3) is 0 Å². The van der Waals surface area contributed by atoms with E-state index in [-0.39, 0.29) is 0 Å². The molecule has 1 rings (SSSR count). The molecule has 0 aromatic heterocycles. The van der Waals surface area contributed by atoms with Crippen molar-refractivity contribution in [2.45, 2.75) is 6.42 Å². The van der Waals surface area contributed by atoms with Gasteiger partial charge in [-0.15, -0.1) is 13.2 Å². The third kappa shape index (κ3) is 3.17. The minimum Gasteiger partial charge on any atom is -0.497 e. The van der Waals surface area contributed by atoms with E-state index in [4.69, 9.17) is 4.74 Å². The normalized spacial score (nSPS) is 9.40. The van der Waals surface area contributed by atoms with Crippen LogP contribution in [0.25, 0.3) is 0 Å². The first-order valence-electron chi connectivity index (χ1n) is 4.94. The Kier molecular flexibility index (Phi) is 4.48. The average molecular weight is 203 g/mol. The molecule has 0 heterocycles. The lowest BCUT2D eigenvalue weighted by molar-refractivity contribution is 0.414. The highest BCUT2D eigenvalue weighted by Crippen LogP contribution is 2.22. The molecule has 0 aliphatic rings. The largest absolute Gasteiger partial charge is 0.497 e. The molecule has 2 heteroatoms. The summed E-state index contributed by atoms with van der Waals surface area (Å²) in [5.41, 5.74) is 2.29. The van der Waals surface area contributed by atoms with Gasteiger partial charge in [-0.2, -0.15) is 0 Å². The Morgan fingerprint density at radius 2 is 2.13 bits per heavy atom. The van der Waals surface area contributed by atoms with Gasteiger partial charge >= 0.3 is 0 Å². The predicted octanol–water partition coefficient (Wildman–Crippen LogP) is 3.02. The molecule has 2 nitrogen and oxygen atoms in total. The number of allylic oxidation sites excluding steroid dienone is 1. The van der Waals surface area contributed by atoms with Crippen LogP contribution in [-0.4, -0.2) is 13.7 Å². The molecule has 0 atom stereocenters. The van der Waals surface area contributed by atoms with Crippen LogP contribution in [0.15, 0.2) is 43.5 Å². The van der Waals surface area contributed by atoms with Crippen molar-refractivity contribution in [3.05, 3.63) is 49.1 Å². The fraction of sp³-hybridized carbons (Fsp3) is 0.231. The highest BCUT2D eigenvalue weighted by Gasteiger charge is 2.01. The number of hydrogen-bond donors (Lipinski definition) is 1. The summed E-state index contributed by atoms with van der Waals surface area (Å²) in [6, 6.07) is 5.98. The van der Waals surface area contributed by atoms with Crippen molar-refractivity contribution in [1.82, 2.24) is 0 Å². The zero-order chi connectivity index (χ0) is 11.1. The Hall–Kier alpha value is -1.70. The molecular weight excluding hydrogens is 186 g/mol. The van der Waals surface area contributed by atoms with E-state index >= 15 is 0 Å². The summed E-state index contributed by atoms with van der Waals surface area (Å²) < 4.78 is 5.18. The van der Waals surface area contributed by atoms with E-state index in [0.29, 0.717) is 0 Å². The van der Waals surface area contributed by atoms with Gasteiger partial charge in [-0.1, -0.05) is 12.2 Å². The summed E-state index contributed by atoms with van der Waals surface area (Å²) in [5.74, 6) is 0.871. The van der Waals surface area contributed by atoms with Crippen LogP contribution in [0.5, 0.6) is 5.75 Å². The Balaban J connectivity index is 2.91. The zero-order valence-corrected chi connectivity index (χ0v) is 9.12. The highest BCUT2D eigenvalue weighted by atomic mass is 16.5. The zero-order valence-electron chi connectivity index (χ0n) is 9.12. The molecule has 0 spiro atoms. The maximum Gasteiger partial charge on any atom is 0.119 e. The van der Waals surface area contributed by atoms with Crippen LogP contribution in [0, 0.1) is 0 Å². The van der Waals surface area contributed by atoms with E-state index < -0.39 is 0 Å². The second-order valence-corrected chi connectivity index (χ2v) is 3.19. The molecule has 0 aliphatic heterocycles. The molecular formula is C13H17NO.